The topological polar surface area (TPSA) is 179 Å². The second-order valence-corrected chi connectivity index (χ2v) is 6.72. The van der Waals surface area contributed by atoms with Crippen LogP contribution in [0.15, 0.2) is 40.4 Å². The molecule has 1 aromatic carbocycles. The Morgan fingerprint density at radius 3 is 2.67 bits per heavy atom. The summed E-state index contributed by atoms with van der Waals surface area (Å²) in [6.07, 6.45) is -0.0990. The number of hydrogen-bond donors (Lipinski definition) is 2. The van der Waals surface area contributed by atoms with Gasteiger partial charge in [0.05, 0.1) is 18.6 Å². The van der Waals surface area contributed by atoms with Crippen molar-refractivity contribution >= 4 is 35.6 Å². The van der Waals surface area contributed by atoms with Gasteiger partial charge in [-0.3, -0.25) is 19.8 Å². The fourth-order valence-corrected chi connectivity index (χ4v) is 2.82. The van der Waals surface area contributed by atoms with Gasteiger partial charge in [-0.25, -0.2) is 14.4 Å². The monoisotopic (exact) mass is 459 g/mol. The van der Waals surface area contributed by atoms with E-state index in [2.05, 4.69) is 10.1 Å². The van der Waals surface area contributed by atoms with E-state index in [1.807, 2.05) is 0 Å². The molecule has 2 N–H and O–H groups in total. The van der Waals surface area contributed by atoms with Crippen LogP contribution in [0.2, 0.25) is 0 Å². The zero-order chi connectivity index (χ0) is 24.3. The van der Waals surface area contributed by atoms with Gasteiger partial charge in [-0.15, -0.1) is 0 Å². The molecule has 1 aliphatic rings. The summed E-state index contributed by atoms with van der Waals surface area (Å²) in [6, 6.07) is 5.63. The number of rotatable bonds is 8. The van der Waals surface area contributed by atoms with Crippen LogP contribution < -0.4 is 10.1 Å². The van der Waals surface area contributed by atoms with Crippen LogP contribution in [0.5, 0.6) is 5.75 Å². The maximum absolute atomic E-state index is 12.6. The molecule has 1 aliphatic heterocycles. The minimum Gasteiger partial charge on any atom is -0.479 e. The van der Waals surface area contributed by atoms with Crippen LogP contribution in [0.4, 0.5) is 10.5 Å². The Morgan fingerprint density at radius 2 is 2.03 bits per heavy atom. The van der Waals surface area contributed by atoms with Crippen molar-refractivity contribution in [3.63, 3.8) is 0 Å². The molecule has 0 bridgehead atoms. The van der Waals surface area contributed by atoms with Gasteiger partial charge in [0.15, 0.2) is 11.9 Å². The molecule has 0 spiro atoms. The largest absolute Gasteiger partial charge is 0.479 e. The molecule has 2 heterocycles. The quantitative estimate of drug-likeness (QED) is 0.195. The molecule has 172 valence electrons. The number of carbonyl (C=O) groups excluding carboxylic acids is 3. The molecule has 1 saturated heterocycles. The van der Waals surface area contributed by atoms with Gasteiger partial charge in [0.2, 0.25) is 5.76 Å². The van der Waals surface area contributed by atoms with Crippen molar-refractivity contribution in [1.82, 2.24) is 10.2 Å². The predicted octanol–water partition coefficient (Wildman–Crippen LogP) is 1.92. The maximum Gasteiger partial charge on any atom is 0.373 e. The summed E-state index contributed by atoms with van der Waals surface area (Å²) in [6.45, 7) is 0.954. The third-order valence-electron chi connectivity index (χ3n) is 4.47. The van der Waals surface area contributed by atoms with Gasteiger partial charge in [0, 0.05) is 6.07 Å². The molecule has 3 amide bonds. The van der Waals surface area contributed by atoms with Crippen molar-refractivity contribution in [1.29, 1.82) is 0 Å². The highest BCUT2D eigenvalue weighted by Gasteiger charge is 2.34. The number of ether oxygens (including phenoxy) is 2. The molecule has 1 atom stereocenters. The predicted molar refractivity (Wildman–Crippen MR) is 108 cm³/mol. The second-order valence-electron chi connectivity index (χ2n) is 6.72. The first kappa shape index (κ1) is 23.0. The Labute approximate surface area is 185 Å². The summed E-state index contributed by atoms with van der Waals surface area (Å²) in [5.74, 6) is -2.94. The van der Waals surface area contributed by atoms with Crippen LogP contribution >= 0.6 is 0 Å². The molecular weight excluding hydrogens is 442 g/mol. The minimum absolute atomic E-state index is 0.0952. The van der Waals surface area contributed by atoms with E-state index in [9.17, 15) is 29.3 Å². The van der Waals surface area contributed by atoms with Crippen molar-refractivity contribution in [2.75, 3.05) is 7.11 Å². The van der Waals surface area contributed by atoms with Crippen molar-refractivity contribution < 1.29 is 43.1 Å². The lowest BCUT2D eigenvalue weighted by Gasteiger charge is -2.11. The van der Waals surface area contributed by atoms with Gasteiger partial charge in [0.25, 0.3) is 5.91 Å². The first-order chi connectivity index (χ1) is 15.6. The lowest BCUT2D eigenvalue weighted by Crippen LogP contribution is -2.30. The summed E-state index contributed by atoms with van der Waals surface area (Å²) >= 11 is 0. The number of carboxylic acids is 1. The van der Waals surface area contributed by atoms with E-state index in [1.54, 1.807) is 0 Å². The van der Waals surface area contributed by atoms with Crippen LogP contribution in [0.1, 0.15) is 28.8 Å². The molecule has 1 aromatic heterocycles. The highest BCUT2D eigenvalue weighted by atomic mass is 16.6. The number of furan rings is 1. The number of nitrogens with one attached hydrogen (secondary N) is 1. The van der Waals surface area contributed by atoms with Gasteiger partial charge < -0.3 is 24.3 Å². The Kier molecular flexibility index (Phi) is 6.42. The molecule has 1 fully saturated rings. The van der Waals surface area contributed by atoms with E-state index >= 15 is 0 Å². The summed E-state index contributed by atoms with van der Waals surface area (Å²) < 4.78 is 14.9. The van der Waals surface area contributed by atoms with Gasteiger partial charge in [-0.2, -0.15) is 0 Å². The second kappa shape index (κ2) is 9.21. The highest BCUT2D eigenvalue weighted by Crippen LogP contribution is 2.30. The van der Waals surface area contributed by atoms with Gasteiger partial charge in [-0.1, -0.05) is 6.07 Å². The lowest BCUT2D eigenvalue weighted by atomic mass is 10.1. The third kappa shape index (κ3) is 4.98. The maximum atomic E-state index is 12.6. The zero-order valence-electron chi connectivity index (χ0n) is 17.3. The molecule has 13 heteroatoms. The van der Waals surface area contributed by atoms with E-state index in [4.69, 9.17) is 14.3 Å². The molecule has 13 nitrogen and oxygen atoms in total. The van der Waals surface area contributed by atoms with Crippen LogP contribution in [-0.2, 0) is 20.9 Å². The third-order valence-corrected chi connectivity index (χ3v) is 4.47. The molecule has 2 aromatic rings. The standard InChI is InChI=1S/C20H17N3O10/c1-10(18(25)26)32-15-5-3-11(8-14(15)23(29)30)7-13-17(24)22(20(28)21-13)9-12-4-6-16(33-12)19(27)31-2/h3-8,10H,9H2,1-2H3,(H,21,28)(H,25,26)/b13-7-/t10-/m1/s1. The van der Waals surface area contributed by atoms with Crippen LogP contribution in [0.3, 0.4) is 0 Å². The first-order valence-corrected chi connectivity index (χ1v) is 9.30. The number of methoxy groups -OCH3 is 1. The Hall–Kier alpha value is -4.68. The first-order valence-electron chi connectivity index (χ1n) is 9.30. The number of imide groups is 1. The lowest BCUT2D eigenvalue weighted by molar-refractivity contribution is -0.386. The Balaban J connectivity index is 1.81. The van der Waals surface area contributed by atoms with Gasteiger partial charge in [0.1, 0.15) is 11.5 Å². The number of nitrogens with zero attached hydrogens (tertiary/aromatic N) is 2. The fourth-order valence-electron chi connectivity index (χ4n) is 2.82. The number of nitro groups is 1. The SMILES string of the molecule is COC(=O)c1ccc(CN2C(=O)N/C(=C\c3ccc(O[C@H](C)C(=O)O)c([N+](=O)[O-])c3)C2=O)o1. The van der Waals surface area contributed by atoms with E-state index in [-0.39, 0.29) is 35.1 Å². The molecule has 0 unspecified atom stereocenters. The van der Waals surface area contributed by atoms with Crippen LogP contribution in [0.25, 0.3) is 6.08 Å². The van der Waals surface area contributed by atoms with Crippen molar-refractivity contribution in [3.05, 3.63) is 63.2 Å². The number of carboxylic acid groups (broad SMARTS) is 1. The van der Waals surface area contributed by atoms with E-state index < -0.39 is 40.6 Å². The summed E-state index contributed by atoms with van der Waals surface area (Å²) in [7, 11) is 1.18. The Bertz CT molecular complexity index is 1180. The number of benzene rings is 1. The van der Waals surface area contributed by atoms with E-state index in [0.717, 1.165) is 11.0 Å². The zero-order valence-corrected chi connectivity index (χ0v) is 17.3. The number of hydrogen-bond acceptors (Lipinski definition) is 9. The normalized spacial score (nSPS) is 15.3. The molecular formula is C20H17N3O10. The number of carbonyl (C=O) groups is 4. The van der Waals surface area contributed by atoms with Crippen LogP contribution in [-0.4, -0.2) is 52.0 Å². The summed E-state index contributed by atoms with van der Waals surface area (Å²) in [5.41, 5.74) is -0.480. The average molecular weight is 459 g/mol. The number of urea groups is 1. The average Bonchev–Trinajstić information content (AvgIpc) is 3.34. The summed E-state index contributed by atoms with van der Waals surface area (Å²) in [5, 5.41) is 22.7. The van der Waals surface area contributed by atoms with E-state index in [0.29, 0.717) is 0 Å². The molecule has 0 saturated carbocycles. The molecule has 0 aliphatic carbocycles. The highest BCUT2D eigenvalue weighted by molar-refractivity contribution is 6.13. The summed E-state index contributed by atoms with van der Waals surface area (Å²) in [4.78, 5) is 58.7. The smallest absolute Gasteiger partial charge is 0.373 e. The van der Waals surface area contributed by atoms with Crippen molar-refractivity contribution in [3.8, 4) is 5.75 Å². The number of esters is 1. The van der Waals surface area contributed by atoms with Crippen molar-refractivity contribution in [2.24, 2.45) is 0 Å². The number of nitro benzene ring substituents is 1. The molecule has 33 heavy (non-hydrogen) atoms. The fraction of sp³-hybridized carbons (Fsp3) is 0.200. The number of aliphatic carboxylic acids is 1. The van der Waals surface area contributed by atoms with Gasteiger partial charge in [-0.05, 0) is 36.8 Å². The van der Waals surface area contributed by atoms with Crippen LogP contribution in [0, 0.1) is 10.1 Å². The Morgan fingerprint density at radius 1 is 1.30 bits per heavy atom. The van der Waals surface area contributed by atoms with Crippen molar-refractivity contribution in [2.45, 2.75) is 19.6 Å². The molecule has 0 radical (unpaired) electrons. The number of amides is 3. The minimum atomic E-state index is -1.32. The van der Waals surface area contributed by atoms with Gasteiger partial charge >= 0.3 is 23.7 Å². The molecule has 3 rings (SSSR count). The van der Waals surface area contributed by atoms with E-state index in [1.165, 1.54) is 44.4 Å².